The Morgan fingerprint density at radius 1 is 1.16 bits per heavy atom. The van der Waals surface area contributed by atoms with E-state index in [1.165, 1.54) is 0 Å². The Kier molecular flexibility index (Phi) is 7.00. The van der Waals surface area contributed by atoms with Crippen LogP contribution in [0, 0.1) is 11.3 Å². The van der Waals surface area contributed by atoms with Gasteiger partial charge >= 0.3 is 6.09 Å². The molecule has 1 aliphatic rings. The second-order valence-corrected chi connectivity index (χ2v) is 7.84. The van der Waals surface area contributed by atoms with Gasteiger partial charge in [-0.2, -0.15) is 0 Å². The maximum absolute atomic E-state index is 12.1. The number of rotatable bonds is 6. The van der Waals surface area contributed by atoms with Gasteiger partial charge in [0.25, 0.3) is 0 Å². The number of alkyl carbamates (subject to hydrolysis) is 1. The number of piperidine rings is 1. The van der Waals surface area contributed by atoms with Crippen LogP contribution in [-0.4, -0.2) is 43.0 Å². The maximum atomic E-state index is 12.1. The number of amides is 1. The fourth-order valence-corrected chi connectivity index (χ4v) is 2.79. The fourth-order valence-electron chi connectivity index (χ4n) is 2.79. The quantitative estimate of drug-likeness (QED) is 0.859. The normalized spacial score (nSPS) is 16.4. The lowest BCUT2D eigenvalue weighted by Gasteiger charge is -2.33. The summed E-state index contributed by atoms with van der Waals surface area (Å²) in [6.45, 7) is 9.17. The molecular formula is C20H30N2O3. The fraction of sp³-hybridized carbons (Fsp3) is 0.600. The number of nitrogens with zero attached hydrogens (tertiary/aromatic N) is 1. The van der Waals surface area contributed by atoms with E-state index >= 15 is 0 Å². The summed E-state index contributed by atoms with van der Waals surface area (Å²) in [6, 6.07) is 9.65. The average Bonchev–Trinajstić information content (AvgIpc) is 2.59. The first kappa shape index (κ1) is 19.4. The van der Waals surface area contributed by atoms with Gasteiger partial charge in [-0.05, 0) is 37.4 Å². The zero-order valence-electron chi connectivity index (χ0n) is 15.6. The molecule has 1 aromatic carbocycles. The van der Waals surface area contributed by atoms with Gasteiger partial charge in [0, 0.05) is 12.0 Å². The third-order valence-corrected chi connectivity index (χ3v) is 4.66. The topological polar surface area (TPSA) is 58.6 Å². The number of benzene rings is 1. The van der Waals surface area contributed by atoms with Gasteiger partial charge in [0.15, 0.2) is 5.78 Å². The molecule has 0 bridgehead atoms. The third-order valence-electron chi connectivity index (χ3n) is 4.66. The Labute approximate surface area is 150 Å². The lowest BCUT2D eigenvalue weighted by atomic mass is 9.89. The standard InChI is InChI=1S/C20H30N2O3/c1-20(2,3)18(23)14-22-11-9-16(10-12-22)13-21-19(24)25-15-17-7-5-4-6-8-17/h4-8,16H,9-15H2,1-3H3,(H,21,24). The number of likely N-dealkylation sites (tertiary alicyclic amines) is 1. The van der Waals surface area contributed by atoms with Crippen LogP contribution in [0.4, 0.5) is 4.79 Å². The lowest BCUT2D eigenvalue weighted by Crippen LogP contribution is -2.42. The van der Waals surface area contributed by atoms with Crippen molar-refractivity contribution in [3.05, 3.63) is 35.9 Å². The zero-order chi connectivity index (χ0) is 18.3. The molecular weight excluding hydrogens is 316 g/mol. The van der Waals surface area contributed by atoms with Crippen molar-refractivity contribution in [2.75, 3.05) is 26.2 Å². The van der Waals surface area contributed by atoms with E-state index < -0.39 is 0 Å². The van der Waals surface area contributed by atoms with E-state index in [4.69, 9.17) is 4.74 Å². The molecule has 1 aliphatic heterocycles. The average molecular weight is 346 g/mol. The van der Waals surface area contributed by atoms with Gasteiger partial charge in [0.1, 0.15) is 6.61 Å². The molecule has 5 heteroatoms. The van der Waals surface area contributed by atoms with Gasteiger partial charge in [0.05, 0.1) is 6.54 Å². The van der Waals surface area contributed by atoms with Crippen molar-refractivity contribution in [1.82, 2.24) is 10.2 Å². The van der Waals surface area contributed by atoms with Crippen LogP contribution in [0.3, 0.4) is 0 Å². The summed E-state index contributed by atoms with van der Waals surface area (Å²) >= 11 is 0. The number of hydrogen-bond acceptors (Lipinski definition) is 4. The SMILES string of the molecule is CC(C)(C)C(=O)CN1CCC(CNC(=O)OCc2ccccc2)CC1. The molecule has 1 heterocycles. The number of ketones is 1. The molecule has 0 saturated carbocycles. The van der Waals surface area contributed by atoms with Crippen molar-refractivity contribution in [2.45, 2.75) is 40.2 Å². The molecule has 0 spiro atoms. The number of hydrogen-bond donors (Lipinski definition) is 1. The first-order valence-electron chi connectivity index (χ1n) is 9.05. The van der Waals surface area contributed by atoms with Gasteiger partial charge in [-0.3, -0.25) is 9.69 Å². The molecule has 0 unspecified atom stereocenters. The molecule has 0 aliphatic carbocycles. The molecule has 0 aromatic heterocycles. The maximum Gasteiger partial charge on any atom is 0.407 e. The Bertz CT molecular complexity index is 558. The van der Waals surface area contributed by atoms with E-state index in [9.17, 15) is 9.59 Å². The zero-order valence-corrected chi connectivity index (χ0v) is 15.6. The molecule has 1 saturated heterocycles. The van der Waals surface area contributed by atoms with Crippen molar-refractivity contribution in [3.63, 3.8) is 0 Å². The minimum Gasteiger partial charge on any atom is -0.445 e. The van der Waals surface area contributed by atoms with Crippen LogP contribution in [0.2, 0.25) is 0 Å². The summed E-state index contributed by atoms with van der Waals surface area (Å²) in [7, 11) is 0. The first-order valence-corrected chi connectivity index (χ1v) is 9.05. The van der Waals surface area contributed by atoms with Crippen LogP contribution in [-0.2, 0) is 16.1 Å². The number of Topliss-reactive ketones (excluding diaryl/α,β-unsaturated/α-hetero) is 1. The number of carbonyl (C=O) groups is 2. The van der Waals surface area contributed by atoms with Crippen LogP contribution >= 0.6 is 0 Å². The smallest absolute Gasteiger partial charge is 0.407 e. The number of carbonyl (C=O) groups excluding carboxylic acids is 2. The van der Waals surface area contributed by atoms with E-state index in [0.29, 0.717) is 25.6 Å². The largest absolute Gasteiger partial charge is 0.445 e. The molecule has 0 atom stereocenters. The van der Waals surface area contributed by atoms with Gasteiger partial charge in [0.2, 0.25) is 0 Å². The summed E-state index contributed by atoms with van der Waals surface area (Å²) < 4.78 is 5.23. The third kappa shape index (κ3) is 6.86. The minimum atomic E-state index is -0.366. The highest BCUT2D eigenvalue weighted by Gasteiger charge is 2.26. The Hall–Kier alpha value is -1.88. The van der Waals surface area contributed by atoms with E-state index in [-0.39, 0.29) is 17.3 Å². The van der Waals surface area contributed by atoms with Crippen LogP contribution in [0.5, 0.6) is 0 Å². The Morgan fingerprint density at radius 2 is 1.80 bits per heavy atom. The highest BCUT2D eigenvalue weighted by Crippen LogP contribution is 2.20. The van der Waals surface area contributed by atoms with Crippen LogP contribution in [0.1, 0.15) is 39.2 Å². The molecule has 1 amide bonds. The molecule has 1 fully saturated rings. The molecule has 5 nitrogen and oxygen atoms in total. The van der Waals surface area contributed by atoms with Crippen LogP contribution in [0.25, 0.3) is 0 Å². The molecule has 138 valence electrons. The van der Waals surface area contributed by atoms with Crippen molar-refractivity contribution < 1.29 is 14.3 Å². The Morgan fingerprint density at radius 3 is 2.40 bits per heavy atom. The molecule has 1 N–H and O–H groups in total. The van der Waals surface area contributed by atoms with Gasteiger partial charge in [-0.15, -0.1) is 0 Å². The van der Waals surface area contributed by atoms with E-state index in [1.807, 2.05) is 51.1 Å². The van der Waals surface area contributed by atoms with Crippen molar-refractivity contribution >= 4 is 11.9 Å². The van der Waals surface area contributed by atoms with Crippen molar-refractivity contribution in [2.24, 2.45) is 11.3 Å². The predicted octanol–water partition coefficient (Wildman–Crippen LogP) is 3.24. The van der Waals surface area contributed by atoms with Crippen molar-refractivity contribution in [1.29, 1.82) is 0 Å². The van der Waals surface area contributed by atoms with Gasteiger partial charge in [-0.1, -0.05) is 51.1 Å². The lowest BCUT2D eigenvalue weighted by molar-refractivity contribution is -0.127. The minimum absolute atomic E-state index is 0.277. The monoisotopic (exact) mass is 346 g/mol. The summed E-state index contributed by atoms with van der Waals surface area (Å²) in [4.78, 5) is 26.1. The van der Waals surface area contributed by atoms with Gasteiger partial charge < -0.3 is 10.1 Å². The van der Waals surface area contributed by atoms with Crippen LogP contribution < -0.4 is 5.32 Å². The number of ether oxygens (including phenoxy) is 1. The van der Waals surface area contributed by atoms with E-state index in [1.54, 1.807) is 0 Å². The summed E-state index contributed by atoms with van der Waals surface area (Å²) in [5, 5.41) is 2.86. The van der Waals surface area contributed by atoms with E-state index in [0.717, 1.165) is 31.5 Å². The first-order chi connectivity index (χ1) is 11.8. The number of nitrogens with one attached hydrogen (secondary N) is 1. The van der Waals surface area contributed by atoms with Crippen molar-refractivity contribution in [3.8, 4) is 0 Å². The molecule has 1 aromatic rings. The molecule has 2 rings (SSSR count). The summed E-state index contributed by atoms with van der Waals surface area (Å²) in [6.07, 6.45) is 1.63. The van der Waals surface area contributed by atoms with E-state index in [2.05, 4.69) is 10.2 Å². The molecule has 0 radical (unpaired) electrons. The second kappa shape index (κ2) is 8.99. The Balaban J connectivity index is 1.62. The predicted molar refractivity (Wildman–Crippen MR) is 98.3 cm³/mol. The summed E-state index contributed by atoms with van der Waals surface area (Å²) in [5.41, 5.74) is 0.704. The van der Waals surface area contributed by atoms with Crippen LogP contribution in [0.15, 0.2) is 30.3 Å². The van der Waals surface area contributed by atoms with Gasteiger partial charge in [-0.25, -0.2) is 4.79 Å². The highest BCUT2D eigenvalue weighted by molar-refractivity contribution is 5.85. The molecule has 25 heavy (non-hydrogen) atoms. The summed E-state index contributed by atoms with van der Waals surface area (Å²) in [5.74, 6) is 0.735. The second-order valence-electron chi connectivity index (χ2n) is 7.84. The highest BCUT2D eigenvalue weighted by atomic mass is 16.5.